The van der Waals surface area contributed by atoms with Crippen molar-refractivity contribution in [2.75, 3.05) is 0 Å². The summed E-state index contributed by atoms with van der Waals surface area (Å²) in [6.07, 6.45) is 0. The average Bonchev–Trinajstić information content (AvgIpc) is 2.85. The third kappa shape index (κ3) is 3.61. The van der Waals surface area contributed by atoms with Gasteiger partial charge in [0.25, 0.3) is 0 Å². The van der Waals surface area contributed by atoms with Gasteiger partial charge in [-0.25, -0.2) is 0 Å². The van der Waals surface area contributed by atoms with Crippen molar-refractivity contribution in [3.63, 3.8) is 0 Å². The van der Waals surface area contributed by atoms with Crippen molar-refractivity contribution in [3.8, 4) is 5.75 Å². The Bertz CT molecular complexity index is 549. The Morgan fingerprint density at radius 3 is 2.58 bits per heavy atom. The fourth-order valence-electron chi connectivity index (χ4n) is 1.86. The number of rotatable bonds is 5. The summed E-state index contributed by atoms with van der Waals surface area (Å²) in [5.41, 5.74) is 6.69. The minimum atomic E-state index is 0.406. The molecule has 1 aromatic carbocycles. The fourth-order valence-corrected chi connectivity index (χ4v) is 2.24. The van der Waals surface area contributed by atoms with Crippen molar-refractivity contribution in [2.45, 2.75) is 32.9 Å². The van der Waals surface area contributed by atoms with Crippen LogP contribution >= 0.6 is 15.9 Å². The normalized spacial score (nSPS) is 11.0. The lowest BCUT2D eigenvalue weighted by Crippen LogP contribution is -1.99. The molecule has 19 heavy (non-hydrogen) atoms. The van der Waals surface area contributed by atoms with Crippen molar-refractivity contribution >= 4 is 15.9 Å². The molecule has 0 bridgehead atoms. The molecule has 0 aliphatic carbocycles. The first-order valence-corrected chi connectivity index (χ1v) is 7.09. The van der Waals surface area contributed by atoms with Gasteiger partial charge in [0.1, 0.15) is 23.9 Å². The molecule has 0 aliphatic heterocycles. The molecule has 2 rings (SSSR count). The lowest BCUT2D eigenvalue weighted by atomic mass is 10.0. The maximum absolute atomic E-state index is 5.84. The number of ether oxygens (including phenoxy) is 1. The minimum absolute atomic E-state index is 0.406. The molecule has 0 saturated carbocycles. The highest BCUT2D eigenvalue weighted by molar-refractivity contribution is 9.10. The van der Waals surface area contributed by atoms with E-state index in [0.717, 1.165) is 21.7 Å². The zero-order valence-electron chi connectivity index (χ0n) is 11.2. The average molecular weight is 324 g/mol. The zero-order valence-corrected chi connectivity index (χ0v) is 12.7. The lowest BCUT2D eigenvalue weighted by Gasteiger charge is -2.13. The van der Waals surface area contributed by atoms with Crippen LogP contribution in [0, 0.1) is 0 Å². The summed E-state index contributed by atoms with van der Waals surface area (Å²) in [5.74, 6) is 2.86. The van der Waals surface area contributed by atoms with Crippen LogP contribution in [0.5, 0.6) is 5.75 Å². The fraction of sp³-hybridized carbons (Fsp3) is 0.333. The highest BCUT2D eigenvalue weighted by atomic mass is 79.9. The van der Waals surface area contributed by atoms with Crippen LogP contribution in [-0.4, -0.2) is 0 Å². The van der Waals surface area contributed by atoms with Gasteiger partial charge >= 0.3 is 0 Å². The number of benzene rings is 1. The summed E-state index contributed by atoms with van der Waals surface area (Å²) >= 11 is 3.49. The summed E-state index contributed by atoms with van der Waals surface area (Å²) in [6.45, 7) is 5.12. The summed E-state index contributed by atoms with van der Waals surface area (Å²) in [7, 11) is 0. The highest BCUT2D eigenvalue weighted by Gasteiger charge is 2.09. The topological polar surface area (TPSA) is 48.4 Å². The molecule has 2 N–H and O–H groups in total. The molecule has 102 valence electrons. The molecule has 0 aliphatic rings. The van der Waals surface area contributed by atoms with E-state index in [9.17, 15) is 0 Å². The molecule has 3 nitrogen and oxygen atoms in total. The predicted octanol–water partition coefficient (Wildman–Crippen LogP) is 4.20. The van der Waals surface area contributed by atoms with Gasteiger partial charge in [-0.15, -0.1) is 0 Å². The maximum atomic E-state index is 5.84. The van der Waals surface area contributed by atoms with E-state index in [4.69, 9.17) is 14.9 Å². The third-order valence-electron chi connectivity index (χ3n) is 2.88. The van der Waals surface area contributed by atoms with Gasteiger partial charge in [0.05, 0.1) is 6.54 Å². The van der Waals surface area contributed by atoms with E-state index in [1.54, 1.807) is 0 Å². The summed E-state index contributed by atoms with van der Waals surface area (Å²) in [6, 6.07) is 9.83. The van der Waals surface area contributed by atoms with Gasteiger partial charge in [0, 0.05) is 4.47 Å². The van der Waals surface area contributed by atoms with Crippen molar-refractivity contribution < 1.29 is 9.15 Å². The van der Waals surface area contributed by atoms with Crippen LogP contribution in [0.15, 0.2) is 39.2 Å². The number of hydrogen-bond donors (Lipinski definition) is 1. The Hall–Kier alpha value is -1.26. The van der Waals surface area contributed by atoms with Crippen LogP contribution < -0.4 is 10.5 Å². The summed E-state index contributed by atoms with van der Waals surface area (Å²) < 4.78 is 12.4. The molecule has 0 fully saturated rings. The molecular weight excluding hydrogens is 306 g/mol. The molecular formula is C15H18BrNO2. The number of furan rings is 1. The number of hydrogen-bond acceptors (Lipinski definition) is 3. The number of nitrogens with two attached hydrogens (primary N) is 1. The molecule has 0 amide bonds. The van der Waals surface area contributed by atoms with E-state index < -0.39 is 0 Å². The molecule has 0 unspecified atom stereocenters. The molecule has 1 aromatic heterocycles. The smallest absolute Gasteiger partial charge is 0.146 e. The molecule has 1 heterocycles. The Morgan fingerprint density at radius 1 is 1.21 bits per heavy atom. The molecule has 4 heteroatoms. The maximum Gasteiger partial charge on any atom is 0.146 e. The number of halogens is 1. The van der Waals surface area contributed by atoms with Gasteiger partial charge in [0.15, 0.2) is 0 Å². The van der Waals surface area contributed by atoms with Crippen LogP contribution in [0.1, 0.15) is 36.8 Å². The standard InChI is InChI=1S/C15H18BrNO2/c1-10(2)14-7-11(16)3-6-15(14)18-9-13-5-4-12(8-17)19-13/h3-7,10H,8-9,17H2,1-2H3. The lowest BCUT2D eigenvalue weighted by molar-refractivity contribution is 0.263. The van der Waals surface area contributed by atoms with Gasteiger partial charge in [-0.2, -0.15) is 0 Å². The largest absolute Gasteiger partial charge is 0.485 e. The van der Waals surface area contributed by atoms with E-state index in [0.29, 0.717) is 19.1 Å². The summed E-state index contributed by atoms with van der Waals surface area (Å²) in [4.78, 5) is 0. The second-order valence-electron chi connectivity index (χ2n) is 4.70. The van der Waals surface area contributed by atoms with E-state index in [2.05, 4.69) is 35.8 Å². The van der Waals surface area contributed by atoms with Crippen molar-refractivity contribution in [1.82, 2.24) is 0 Å². The van der Waals surface area contributed by atoms with Gasteiger partial charge in [-0.05, 0) is 41.8 Å². The molecule has 0 spiro atoms. The van der Waals surface area contributed by atoms with Gasteiger partial charge in [-0.1, -0.05) is 29.8 Å². The van der Waals surface area contributed by atoms with Crippen molar-refractivity contribution in [3.05, 3.63) is 51.9 Å². The second-order valence-corrected chi connectivity index (χ2v) is 5.61. The Labute approximate surface area is 121 Å². The predicted molar refractivity (Wildman–Crippen MR) is 79.2 cm³/mol. The Morgan fingerprint density at radius 2 is 1.95 bits per heavy atom. The van der Waals surface area contributed by atoms with Crippen LogP contribution in [0.4, 0.5) is 0 Å². The zero-order chi connectivity index (χ0) is 13.8. The monoisotopic (exact) mass is 323 g/mol. The quantitative estimate of drug-likeness (QED) is 0.896. The second kappa shape index (κ2) is 6.26. The van der Waals surface area contributed by atoms with Crippen LogP contribution in [0.2, 0.25) is 0 Å². The Balaban J connectivity index is 2.10. The van der Waals surface area contributed by atoms with E-state index >= 15 is 0 Å². The molecule has 0 saturated heterocycles. The summed E-state index contributed by atoms with van der Waals surface area (Å²) in [5, 5.41) is 0. The first-order valence-electron chi connectivity index (χ1n) is 6.30. The first-order chi connectivity index (χ1) is 9.10. The van der Waals surface area contributed by atoms with Gasteiger partial charge < -0.3 is 14.9 Å². The SMILES string of the molecule is CC(C)c1cc(Br)ccc1OCc1ccc(CN)o1. The third-order valence-corrected chi connectivity index (χ3v) is 3.38. The molecule has 0 radical (unpaired) electrons. The molecule has 2 aromatic rings. The van der Waals surface area contributed by atoms with E-state index in [1.807, 2.05) is 24.3 Å². The highest BCUT2D eigenvalue weighted by Crippen LogP contribution is 2.30. The van der Waals surface area contributed by atoms with E-state index in [-0.39, 0.29) is 0 Å². The first kappa shape index (κ1) is 14.2. The minimum Gasteiger partial charge on any atom is -0.485 e. The van der Waals surface area contributed by atoms with Crippen molar-refractivity contribution in [1.29, 1.82) is 0 Å². The Kier molecular flexibility index (Phi) is 4.66. The van der Waals surface area contributed by atoms with E-state index in [1.165, 1.54) is 5.56 Å². The van der Waals surface area contributed by atoms with Crippen molar-refractivity contribution in [2.24, 2.45) is 5.73 Å². The molecule has 0 atom stereocenters. The van der Waals surface area contributed by atoms with Gasteiger partial charge in [-0.3, -0.25) is 0 Å². The van der Waals surface area contributed by atoms with Crippen LogP contribution in [0.25, 0.3) is 0 Å². The van der Waals surface area contributed by atoms with Gasteiger partial charge in [0.2, 0.25) is 0 Å². The van der Waals surface area contributed by atoms with Crippen LogP contribution in [-0.2, 0) is 13.2 Å². The van der Waals surface area contributed by atoms with Crippen LogP contribution in [0.3, 0.4) is 0 Å².